The first kappa shape index (κ1) is 24.9. The molecule has 0 spiro atoms. The topological polar surface area (TPSA) is 67.8 Å². The molecule has 5 rings (SSSR count). The summed E-state index contributed by atoms with van der Waals surface area (Å²) in [6.45, 7) is 2.54. The summed E-state index contributed by atoms with van der Waals surface area (Å²) >= 11 is 1.57. The van der Waals surface area contributed by atoms with Crippen LogP contribution in [0.2, 0.25) is 0 Å². The molecule has 1 amide bonds. The SMILES string of the molecule is COc1cc(C)c(Sc2ccccc2CO)c(CNC(=O)OCC2c3ccccc3-c3ccccc32)c1. The number of alkyl carbamates (subject to hydrolysis) is 1. The Hall–Kier alpha value is -3.74. The van der Waals surface area contributed by atoms with Crippen LogP contribution in [0.15, 0.2) is 94.7 Å². The van der Waals surface area contributed by atoms with Gasteiger partial charge in [0.05, 0.1) is 13.7 Å². The first-order valence-electron chi connectivity index (χ1n) is 12.2. The van der Waals surface area contributed by atoms with Crippen LogP contribution in [0.3, 0.4) is 0 Å². The Morgan fingerprint density at radius 2 is 1.57 bits per heavy atom. The van der Waals surface area contributed by atoms with E-state index in [0.29, 0.717) is 6.54 Å². The van der Waals surface area contributed by atoms with Crippen LogP contribution < -0.4 is 10.1 Å². The van der Waals surface area contributed by atoms with Crippen molar-refractivity contribution in [2.75, 3.05) is 13.7 Å². The molecule has 0 saturated heterocycles. The molecule has 0 unspecified atom stereocenters. The van der Waals surface area contributed by atoms with Crippen LogP contribution in [-0.2, 0) is 17.9 Å². The number of aryl methyl sites for hydroxylation is 1. The highest BCUT2D eigenvalue weighted by molar-refractivity contribution is 7.99. The third-order valence-corrected chi connectivity index (χ3v) is 8.09. The van der Waals surface area contributed by atoms with Crippen molar-refractivity contribution in [3.63, 3.8) is 0 Å². The molecule has 4 aromatic carbocycles. The molecule has 0 heterocycles. The van der Waals surface area contributed by atoms with Gasteiger partial charge in [0.25, 0.3) is 0 Å². The van der Waals surface area contributed by atoms with Crippen LogP contribution in [0.5, 0.6) is 5.75 Å². The Kier molecular flexibility index (Phi) is 7.49. The quantitative estimate of drug-likeness (QED) is 0.276. The van der Waals surface area contributed by atoms with Gasteiger partial charge < -0.3 is 19.9 Å². The second-order valence-corrected chi connectivity index (χ2v) is 10.0. The average molecular weight is 512 g/mol. The van der Waals surface area contributed by atoms with E-state index in [1.165, 1.54) is 22.3 Å². The van der Waals surface area contributed by atoms with Crippen molar-refractivity contribution in [1.82, 2.24) is 5.32 Å². The number of hydrogen-bond donors (Lipinski definition) is 2. The molecule has 0 radical (unpaired) electrons. The Balaban J connectivity index is 1.30. The highest BCUT2D eigenvalue weighted by Crippen LogP contribution is 2.44. The van der Waals surface area contributed by atoms with Gasteiger partial charge in [0.1, 0.15) is 12.4 Å². The first-order valence-corrected chi connectivity index (χ1v) is 13.0. The zero-order valence-electron chi connectivity index (χ0n) is 20.9. The van der Waals surface area contributed by atoms with E-state index in [4.69, 9.17) is 9.47 Å². The minimum atomic E-state index is -0.464. The Labute approximate surface area is 221 Å². The normalized spacial score (nSPS) is 12.1. The molecule has 0 saturated carbocycles. The number of nitrogens with one attached hydrogen (secondary N) is 1. The Bertz CT molecular complexity index is 1390. The maximum Gasteiger partial charge on any atom is 0.407 e. The van der Waals surface area contributed by atoms with E-state index in [-0.39, 0.29) is 19.1 Å². The number of carbonyl (C=O) groups is 1. The number of carbonyl (C=O) groups excluding carboxylic acids is 1. The van der Waals surface area contributed by atoms with Crippen LogP contribution in [-0.4, -0.2) is 24.9 Å². The third kappa shape index (κ3) is 5.22. The van der Waals surface area contributed by atoms with E-state index in [1.807, 2.05) is 67.6 Å². The molecule has 4 aromatic rings. The number of ether oxygens (including phenoxy) is 2. The summed E-state index contributed by atoms with van der Waals surface area (Å²) in [7, 11) is 1.63. The zero-order chi connectivity index (χ0) is 25.8. The Morgan fingerprint density at radius 3 is 2.24 bits per heavy atom. The van der Waals surface area contributed by atoms with E-state index in [2.05, 4.69) is 29.6 Å². The first-order chi connectivity index (χ1) is 18.1. The molecule has 188 valence electrons. The molecule has 1 aliphatic carbocycles. The largest absolute Gasteiger partial charge is 0.497 e. The van der Waals surface area contributed by atoms with Gasteiger partial charge in [-0.05, 0) is 64.1 Å². The minimum absolute atomic E-state index is 0.0123. The van der Waals surface area contributed by atoms with Crippen molar-refractivity contribution in [2.45, 2.75) is 35.8 Å². The number of aliphatic hydroxyl groups excluding tert-OH is 1. The smallest absolute Gasteiger partial charge is 0.407 e. The van der Waals surface area contributed by atoms with Crippen molar-refractivity contribution in [3.05, 3.63) is 113 Å². The molecule has 1 aliphatic rings. The van der Waals surface area contributed by atoms with Gasteiger partial charge in [-0.3, -0.25) is 0 Å². The van der Waals surface area contributed by atoms with Gasteiger partial charge in [-0.1, -0.05) is 78.5 Å². The van der Waals surface area contributed by atoms with Crippen molar-refractivity contribution in [2.24, 2.45) is 0 Å². The molecule has 6 heteroatoms. The van der Waals surface area contributed by atoms with Gasteiger partial charge in [0, 0.05) is 22.3 Å². The molecule has 37 heavy (non-hydrogen) atoms. The minimum Gasteiger partial charge on any atom is -0.497 e. The van der Waals surface area contributed by atoms with E-state index in [0.717, 1.165) is 32.2 Å². The molecule has 5 nitrogen and oxygen atoms in total. The van der Waals surface area contributed by atoms with Gasteiger partial charge in [0.2, 0.25) is 0 Å². The molecule has 0 fully saturated rings. The second kappa shape index (κ2) is 11.1. The summed E-state index contributed by atoms with van der Waals surface area (Å²) in [4.78, 5) is 14.8. The number of fused-ring (bicyclic) bond motifs is 3. The molecule has 0 aromatic heterocycles. The van der Waals surface area contributed by atoms with Gasteiger partial charge in [-0.25, -0.2) is 4.79 Å². The van der Waals surface area contributed by atoms with Crippen LogP contribution >= 0.6 is 11.8 Å². The lowest BCUT2D eigenvalue weighted by atomic mass is 9.98. The number of hydrogen-bond acceptors (Lipinski definition) is 5. The monoisotopic (exact) mass is 511 g/mol. The lowest BCUT2D eigenvalue weighted by molar-refractivity contribution is 0.142. The van der Waals surface area contributed by atoms with E-state index in [1.54, 1.807) is 18.9 Å². The molecule has 0 atom stereocenters. The van der Waals surface area contributed by atoms with E-state index >= 15 is 0 Å². The molecular weight excluding hydrogens is 482 g/mol. The Morgan fingerprint density at radius 1 is 0.919 bits per heavy atom. The fraction of sp³-hybridized carbons (Fsp3) is 0.194. The number of aliphatic hydroxyl groups is 1. The fourth-order valence-corrected chi connectivity index (χ4v) is 5.98. The summed E-state index contributed by atoms with van der Waals surface area (Å²) in [6, 6.07) is 28.2. The molecular formula is C31H29NO4S. The maximum atomic E-state index is 12.8. The van der Waals surface area contributed by atoms with Crippen LogP contribution in [0.4, 0.5) is 4.79 Å². The van der Waals surface area contributed by atoms with Crippen LogP contribution in [0.25, 0.3) is 11.1 Å². The lowest BCUT2D eigenvalue weighted by Gasteiger charge is -2.17. The summed E-state index contributed by atoms with van der Waals surface area (Å²) in [5.74, 6) is 0.736. The standard InChI is InChI=1S/C31H29NO4S/c1-20-15-23(35-2)16-22(30(20)37-29-14-8-3-9-21(29)18-33)17-32-31(34)36-19-28-26-12-6-4-10-24(26)25-11-5-7-13-27(25)28/h3-16,28,33H,17-19H2,1-2H3,(H,32,34). The van der Waals surface area contributed by atoms with Crippen molar-refractivity contribution < 1.29 is 19.4 Å². The third-order valence-electron chi connectivity index (χ3n) is 6.68. The highest BCUT2D eigenvalue weighted by atomic mass is 32.2. The summed E-state index contributed by atoms with van der Waals surface area (Å²) in [5, 5.41) is 12.7. The van der Waals surface area contributed by atoms with Crippen LogP contribution in [0, 0.1) is 6.92 Å². The van der Waals surface area contributed by atoms with Crippen LogP contribution in [0.1, 0.15) is 33.7 Å². The summed E-state index contributed by atoms with van der Waals surface area (Å²) < 4.78 is 11.2. The molecule has 0 aliphatic heterocycles. The number of rotatable bonds is 8. The molecule has 2 N–H and O–H groups in total. The predicted molar refractivity (Wildman–Crippen MR) is 146 cm³/mol. The van der Waals surface area contributed by atoms with Crippen molar-refractivity contribution in [3.8, 4) is 16.9 Å². The van der Waals surface area contributed by atoms with Gasteiger partial charge >= 0.3 is 6.09 Å². The molecule has 0 bridgehead atoms. The van der Waals surface area contributed by atoms with E-state index < -0.39 is 6.09 Å². The maximum absolute atomic E-state index is 12.8. The number of benzene rings is 4. The van der Waals surface area contributed by atoms with Crippen molar-refractivity contribution in [1.29, 1.82) is 0 Å². The van der Waals surface area contributed by atoms with Crippen molar-refractivity contribution >= 4 is 17.9 Å². The van der Waals surface area contributed by atoms with Gasteiger partial charge in [0.15, 0.2) is 0 Å². The van der Waals surface area contributed by atoms with E-state index in [9.17, 15) is 9.90 Å². The predicted octanol–water partition coefficient (Wildman–Crippen LogP) is 6.69. The van der Waals surface area contributed by atoms with Gasteiger partial charge in [-0.15, -0.1) is 0 Å². The summed E-state index contributed by atoms with van der Waals surface area (Å²) in [6.07, 6.45) is -0.464. The fourth-order valence-electron chi connectivity index (χ4n) is 4.87. The summed E-state index contributed by atoms with van der Waals surface area (Å²) in [5.41, 5.74) is 7.57. The number of methoxy groups -OCH3 is 1. The second-order valence-electron chi connectivity index (χ2n) is 8.98. The average Bonchev–Trinajstić information content (AvgIpc) is 3.25. The zero-order valence-corrected chi connectivity index (χ0v) is 21.7. The lowest BCUT2D eigenvalue weighted by Crippen LogP contribution is -2.26. The van der Waals surface area contributed by atoms with Gasteiger partial charge in [-0.2, -0.15) is 0 Å². The number of amides is 1. The highest BCUT2D eigenvalue weighted by Gasteiger charge is 2.29.